The molecule has 0 fully saturated rings. The average Bonchev–Trinajstić information content (AvgIpc) is 2.28. The van der Waals surface area contributed by atoms with Gasteiger partial charge in [-0.3, -0.25) is 9.59 Å². The Bertz CT molecular complexity index is 242. The Morgan fingerprint density at radius 2 is 1.94 bits per heavy atom. The van der Waals surface area contributed by atoms with Gasteiger partial charge in [-0.2, -0.15) is 0 Å². The number of carbonyl (C=O) groups is 2. The van der Waals surface area contributed by atoms with E-state index in [9.17, 15) is 9.59 Å². The van der Waals surface area contributed by atoms with Crippen LogP contribution in [-0.2, 0) is 14.3 Å². The molecular formula is C12H24N2O3. The third-order valence-corrected chi connectivity index (χ3v) is 2.51. The second-order valence-corrected chi connectivity index (χ2v) is 4.15. The zero-order valence-corrected chi connectivity index (χ0v) is 11.3. The first-order valence-electron chi connectivity index (χ1n) is 6.09. The molecule has 0 aromatic heterocycles. The molecule has 0 rings (SSSR count). The summed E-state index contributed by atoms with van der Waals surface area (Å²) in [6, 6.07) is 0.191. The van der Waals surface area contributed by atoms with Crippen molar-refractivity contribution in [3.05, 3.63) is 0 Å². The van der Waals surface area contributed by atoms with Gasteiger partial charge < -0.3 is 15.0 Å². The molecule has 0 unspecified atom stereocenters. The normalized spacial score (nSPS) is 10.4. The minimum Gasteiger partial charge on any atom is -0.381 e. The monoisotopic (exact) mass is 244 g/mol. The smallest absolute Gasteiger partial charge is 0.224 e. The van der Waals surface area contributed by atoms with E-state index in [-0.39, 0.29) is 17.9 Å². The van der Waals surface area contributed by atoms with Crippen molar-refractivity contribution in [2.75, 3.05) is 26.8 Å². The van der Waals surface area contributed by atoms with Gasteiger partial charge in [0.15, 0.2) is 0 Å². The van der Waals surface area contributed by atoms with Crippen molar-refractivity contribution < 1.29 is 14.3 Å². The van der Waals surface area contributed by atoms with Crippen molar-refractivity contribution in [2.45, 2.75) is 39.7 Å². The molecular weight excluding hydrogens is 220 g/mol. The topological polar surface area (TPSA) is 58.6 Å². The third-order valence-electron chi connectivity index (χ3n) is 2.51. The van der Waals surface area contributed by atoms with Crippen molar-refractivity contribution in [3.8, 4) is 0 Å². The van der Waals surface area contributed by atoms with Crippen LogP contribution in [0.5, 0.6) is 0 Å². The highest BCUT2D eigenvalue weighted by molar-refractivity contribution is 5.79. The minimum absolute atomic E-state index is 0.0464. The molecule has 0 spiro atoms. The Balaban J connectivity index is 3.62. The second kappa shape index (κ2) is 8.98. The Kier molecular flexibility index (Phi) is 8.40. The maximum atomic E-state index is 11.6. The van der Waals surface area contributed by atoms with E-state index >= 15 is 0 Å². The van der Waals surface area contributed by atoms with E-state index in [0.717, 1.165) is 0 Å². The fourth-order valence-corrected chi connectivity index (χ4v) is 1.17. The second-order valence-electron chi connectivity index (χ2n) is 4.15. The maximum Gasteiger partial charge on any atom is 0.224 e. The van der Waals surface area contributed by atoms with Gasteiger partial charge in [0.05, 0.1) is 6.61 Å². The minimum atomic E-state index is -0.0709. The highest BCUT2D eigenvalue weighted by atomic mass is 16.5. The lowest BCUT2D eigenvalue weighted by Gasteiger charge is -2.21. The summed E-state index contributed by atoms with van der Waals surface area (Å²) in [4.78, 5) is 24.5. The fourth-order valence-electron chi connectivity index (χ4n) is 1.17. The molecule has 5 heteroatoms. The van der Waals surface area contributed by atoms with E-state index in [2.05, 4.69) is 5.32 Å². The Morgan fingerprint density at radius 3 is 2.47 bits per heavy atom. The highest BCUT2D eigenvalue weighted by Gasteiger charge is 2.11. The van der Waals surface area contributed by atoms with Crippen molar-refractivity contribution in [3.63, 3.8) is 0 Å². The SMILES string of the molecule is CCOCCC(=O)NCCC(=O)N(C)C(C)C. The van der Waals surface area contributed by atoms with Crippen LogP contribution in [0.4, 0.5) is 0 Å². The summed E-state index contributed by atoms with van der Waals surface area (Å²) < 4.78 is 5.07. The largest absolute Gasteiger partial charge is 0.381 e. The van der Waals surface area contributed by atoms with Crippen LogP contribution in [0.25, 0.3) is 0 Å². The first-order valence-corrected chi connectivity index (χ1v) is 6.09. The van der Waals surface area contributed by atoms with Crippen LogP contribution in [-0.4, -0.2) is 49.6 Å². The van der Waals surface area contributed by atoms with Crippen molar-refractivity contribution in [2.24, 2.45) is 0 Å². The van der Waals surface area contributed by atoms with E-state index in [4.69, 9.17) is 4.74 Å². The summed E-state index contributed by atoms with van der Waals surface area (Å²) in [5.74, 6) is -0.0245. The van der Waals surface area contributed by atoms with Gasteiger partial charge in [-0.15, -0.1) is 0 Å². The Morgan fingerprint density at radius 1 is 1.29 bits per heavy atom. The first-order chi connectivity index (χ1) is 7.99. The van der Waals surface area contributed by atoms with E-state index in [0.29, 0.717) is 32.6 Å². The Hall–Kier alpha value is -1.10. The molecule has 0 atom stereocenters. The van der Waals surface area contributed by atoms with Crippen LogP contribution in [0.2, 0.25) is 0 Å². The molecule has 1 N–H and O–H groups in total. The lowest BCUT2D eigenvalue weighted by atomic mass is 10.3. The zero-order chi connectivity index (χ0) is 13.3. The predicted octanol–water partition coefficient (Wildman–Crippen LogP) is 0.786. The summed E-state index contributed by atoms with van der Waals surface area (Å²) in [6.07, 6.45) is 0.692. The number of carbonyl (C=O) groups excluding carboxylic acids is 2. The van der Waals surface area contributed by atoms with Crippen molar-refractivity contribution in [1.82, 2.24) is 10.2 Å². The lowest BCUT2D eigenvalue weighted by Crippen LogP contribution is -2.36. The van der Waals surface area contributed by atoms with Crippen molar-refractivity contribution >= 4 is 11.8 Å². The molecule has 2 amide bonds. The number of ether oxygens (including phenoxy) is 1. The highest BCUT2D eigenvalue weighted by Crippen LogP contribution is 1.96. The van der Waals surface area contributed by atoms with Crippen LogP contribution in [0.3, 0.4) is 0 Å². The molecule has 0 saturated carbocycles. The summed E-state index contributed by atoms with van der Waals surface area (Å²) in [6.45, 7) is 7.24. The first kappa shape index (κ1) is 15.9. The summed E-state index contributed by atoms with van der Waals surface area (Å²) in [5, 5.41) is 2.70. The lowest BCUT2D eigenvalue weighted by molar-refractivity contribution is -0.131. The van der Waals surface area contributed by atoms with Gasteiger partial charge in [-0.25, -0.2) is 0 Å². The number of hydrogen-bond acceptors (Lipinski definition) is 3. The predicted molar refractivity (Wildman–Crippen MR) is 66.6 cm³/mol. The molecule has 0 radical (unpaired) electrons. The van der Waals surface area contributed by atoms with Crippen LogP contribution in [0.15, 0.2) is 0 Å². The van der Waals surface area contributed by atoms with Gasteiger partial charge in [0.1, 0.15) is 0 Å². The fraction of sp³-hybridized carbons (Fsp3) is 0.833. The molecule has 100 valence electrons. The maximum absolute atomic E-state index is 11.6. The van der Waals surface area contributed by atoms with Gasteiger partial charge in [0, 0.05) is 39.1 Å². The zero-order valence-electron chi connectivity index (χ0n) is 11.3. The number of nitrogens with zero attached hydrogens (tertiary/aromatic N) is 1. The quantitative estimate of drug-likeness (QED) is 0.642. The number of hydrogen-bond donors (Lipinski definition) is 1. The molecule has 0 bridgehead atoms. The molecule has 0 aliphatic heterocycles. The standard InChI is InChI=1S/C12H24N2O3/c1-5-17-9-7-11(15)13-8-6-12(16)14(4)10(2)3/h10H,5-9H2,1-4H3,(H,13,15). The summed E-state index contributed by atoms with van der Waals surface area (Å²) >= 11 is 0. The molecule has 0 aromatic carbocycles. The van der Waals surface area contributed by atoms with Gasteiger partial charge in [-0.1, -0.05) is 0 Å². The number of rotatable bonds is 8. The summed E-state index contributed by atoms with van der Waals surface area (Å²) in [7, 11) is 1.77. The molecule has 0 heterocycles. The van der Waals surface area contributed by atoms with Gasteiger partial charge in [0.2, 0.25) is 11.8 Å². The number of amides is 2. The molecule has 17 heavy (non-hydrogen) atoms. The molecule has 0 aliphatic rings. The van der Waals surface area contributed by atoms with Gasteiger partial charge >= 0.3 is 0 Å². The third kappa shape index (κ3) is 7.74. The van der Waals surface area contributed by atoms with Crippen molar-refractivity contribution in [1.29, 1.82) is 0 Å². The van der Waals surface area contributed by atoms with Crippen LogP contribution >= 0.6 is 0 Å². The Labute approximate surface area is 103 Å². The van der Waals surface area contributed by atoms with Crippen LogP contribution < -0.4 is 5.32 Å². The molecule has 0 aliphatic carbocycles. The molecule has 0 saturated heterocycles. The van der Waals surface area contributed by atoms with E-state index in [1.807, 2.05) is 20.8 Å². The van der Waals surface area contributed by atoms with Crippen LogP contribution in [0, 0.1) is 0 Å². The van der Waals surface area contributed by atoms with E-state index in [1.54, 1.807) is 11.9 Å². The summed E-state index contributed by atoms with van der Waals surface area (Å²) in [5.41, 5.74) is 0. The average molecular weight is 244 g/mol. The number of nitrogens with one attached hydrogen (secondary N) is 1. The van der Waals surface area contributed by atoms with Crippen LogP contribution in [0.1, 0.15) is 33.6 Å². The molecule has 0 aromatic rings. The van der Waals surface area contributed by atoms with Gasteiger partial charge in [-0.05, 0) is 20.8 Å². The van der Waals surface area contributed by atoms with Gasteiger partial charge in [0.25, 0.3) is 0 Å². The van der Waals surface area contributed by atoms with E-state index in [1.165, 1.54) is 0 Å². The molecule has 5 nitrogen and oxygen atoms in total. The van der Waals surface area contributed by atoms with E-state index < -0.39 is 0 Å².